The maximum atomic E-state index is 5.84. The molecule has 1 saturated heterocycles. The van der Waals surface area contributed by atoms with Crippen LogP contribution in [0.4, 0.5) is 0 Å². The third kappa shape index (κ3) is 3.81. The summed E-state index contributed by atoms with van der Waals surface area (Å²) in [6.45, 7) is 7.26. The molecule has 2 heterocycles. The zero-order chi connectivity index (χ0) is 15.6. The maximum Gasteiger partial charge on any atom is 0.191 e. The van der Waals surface area contributed by atoms with E-state index in [2.05, 4.69) is 34.6 Å². The average molecular weight is 433 g/mol. The van der Waals surface area contributed by atoms with Gasteiger partial charge in [0.15, 0.2) is 5.96 Å². The van der Waals surface area contributed by atoms with Gasteiger partial charge in [0.1, 0.15) is 0 Å². The number of nitrogens with one attached hydrogen (secondary N) is 2. The Hall–Kier alpha value is -0.830. The highest BCUT2D eigenvalue weighted by molar-refractivity contribution is 14.0. The zero-order valence-corrected chi connectivity index (χ0v) is 16.5. The van der Waals surface area contributed by atoms with E-state index in [1.165, 1.54) is 0 Å². The van der Waals surface area contributed by atoms with Crippen molar-refractivity contribution < 1.29 is 4.74 Å². The third-order valence-electron chi connectivity index (χ3n) is 5.03. The lowest BCUT2D eigenvalue weighted by Gasteiger charge is -2.54. The van der Waals surface area contributed by atoms with E-state index in [1.807, 2.05) is 30.2 Å². The van der Waals surface area contributed by atoms with E-state index in [-0.39, 0.29) is 29.4 Å². The highest BCUT2D eigenvalue weighted by atomic mass is 127. The summed E-state index contributed by atoms with van der Waals surface area (Å²) in [6, 6.07) is 2.39. The Labute approximate surface area is 155 Å². The number of nitrogens with zero attached hydrogens (tertiary/aromatic N) is 3. The van der Waals surface area contributed by atoms with Crippen LogP contribution in [0, 0.1) is 11.3 Å². The van der Waals surface area contributed by atoms with Crippen molar-refractivity contribution in [1.82, 2.24) is 20.4 Å². The first-order valence-electron chi connectivity index (χ1n) is 8.19. The summed E-state index contributed by atoms with van der Waals surface area (Å²) >= 11 is 0. The van der Waals surface area contributed by atoms with Crippen LogP contribution in [-0.4, -0.2) is 48.1 Å². The number of aliphatic imine (C=N–C) groups is 1. The molecule has 1 aliphatic carbocycles. The van der Waals surface area contributed by atoms with Crippen LogP contribution in [0.1, 0.15) is 26.7 Å². The van der Waals surface area contributed by atoms with Gasteiger partial charge >= 0.3 is 0 Å². The molecule has 2 N–H and O–H groups in total. The second-order valence-corrected chi connectivity index (χ2v) is 6.81. The molecule has 23 heavy (non-hydrogen) atoms. The molecule has 1 aromatic heterocycles. The van der Waals surface area contributed by atoms with Crippen LogP contribution in [0.2, 0.25) is 0 Å². The molecule has 2 fully saturated rings. The van der Waals surface area contributed by atoms with Crippen LogP contribution in [-0.2, 0) is 11.3 Å². The first-order valence-corrected chi connectivity index (χ1v) is 8.19. The Morgan fingerprint density at radius 1 is 1.48 bits per heavy atom. The molecule has 1 saturated carbocycles. The van der Waals surface area contributed by atoms with Crippen molar-refractivity contribution in [3.05, 3.63) is 18.5 Å². The molecule has 0 aromatic carbocycles. The van der Waals surface area contributed by atoms with Crippen LogP contribution in [0.25, 0.3) is 0 Å². The molecule has 0 bridgehead atoms. The van der Waals surface area contributed by atoms with Crippen LogP contribution >= 0.6 is 24.0 Å². The summed E-state index contributed by atoms with van der Waals surface area (Å²) in [5.74, 6) is 1.52. The smallest absolute Gasteiger partial charge is 0.191 e. The first-order chi connectivity index (χ1) is 10.6. The number of rotatable bonds is 5. The minimum Gasteiger partial charge on any atom is -0.377 e. The number of aromatic nitrogens is 2. The topological polar surface area (TPSA) is 63.5 Å². The quantitative estimate of drug-likeness (QED) is 0.322. The normalized spacial score (nSPS) is 28.5. The van der Waals surface area contributed by atoms with Crippen molar-refractivity contribution in [1.29, 1.82) is 0 Å². The Kier molecular flexibility index (Phi) is 6.30. The molecule has 3 unspecified atom stereocenters. The molecule has 3 rings (SSSR count). The minimum absolute atomic E-state index is 0. The summed E-state index contributed by atoms with van der Waals surface area (Å²) < 4.78 is 7.79. The van der Waals surface area contributed by atoms with Crippen molar-refractivity contribution in [3.63, 3.8) is 0 Å². The first kappa shape index (κ1) is 18.5. The molecule has 130 valence electrons. The number of fused-ring (bicyclic) bond motifs is 1. The van der Waals surface area contributed by atoms with Gasteiger partial charge in [-0.15, -0.1) is 24.0 Å². The minimum atomic E-state index is 0. The van der Waals surface area contributed by atoms with E-state index in [0.29, 0.717) is 18.1 Å². The van der Waals surface area contributed by atoms with Gasteiger partial charge in [-0.3, -0.25) is 9.67 Å². The highest BCUT2D eigenvalue weighted by Gasteiger charge is 2.59. The summed E-state index contributed by atoms with van der Waals surface area (Å²) in [4.78, 5) is 4.36. The molecular formula is C16H28IN5O. The standard InChI is InChI=1S/C16H27N5O.HI/c1-16(2)13(12-6-11-22-14(12)16)20-15(17-3)18-7-4-9-21-10-5-8-19-21;/h5,8,10,12-14H,4,6-7,9,11H2,1-3H3,(H2,17,18,20);1H. The fourth-order valence-corrected chi connectivity index (χ4v) is 3.84. The Balaban J connectivity index is 0.00000192. The van der Waals surface area contributed by atoms with Gasteiger partial charge in [-0.25, -0.2) is 0 Å². The van der Waals surface area contributed by atoms with Gasteiger partial charge in [-0.05, 0) is 18.9 Å². The summed E-state index contributed by atoms with van der Waals surface area (Å²) in [6.07, 6.45) is 6.38. The van der Waals surface area contributed by atoms with Crippen molar-refractivity contribution in [2.75, 3.05) is 20.2 Å². The molecule has 0 amide bonds. The molecule has 0 spiro atoms. The highest BCUT2D eigenvalue weighted by Crippen LogP contribution is 2.51. The van der Waals surface area contributed by atoms with Crippen LogP contribution in [0.3, 0.4) is 0 Å². The van der Waals surface area contributed by atoms with Crippen LogP contribution < -0.4 is 10.6 Å². The predicted molar refractivity (Wildman–Crippen MR) is 102 cm³/mol. The Morgan fingerprint density at radius 2 is 2.30 bits per heavy atom. The van der Waals surface area contributed by atoms with Crippen LogP contribution in [0.5, 0.6) is 0 Å². The number of ether oxygens (including phenoxy) is 1. The van der Waals surface area contributed by atoms with Gasteiger partial charge in [-0.2, -0.15) is 5.10 Å². The van der Waals surface area contributed by atoms with Crippen molar-refractivity contribution in [2.45, 2.75) is 45.4 Å². The van der Waals surface area contributed by atoms with E-state index in [1.54, 1.807) is 0 Å². The van der Waals surface area contributed by atoms with E-state index in [0.717, 1.165) is 38.5 Å². The van der Waals surface area contributed by atoms with E-state index in [9.17, 15) is 0 Å². The van der Waals surface area contributed by atoms with Gasteiger partial charge in [0, 0.05) is 56.5 Å². The second kappa shape index (κ2) is 7.83. The second-order valence-electron chi connectivity index (χ2n) is 6.81. The van der Waals surface area contributed by atoms with Crippen LogP contribution in [0.15, 0.2) is 23.5 Å². The van der Waals surface area contributed by atoms with E-state index >= 15 is 0 Å². The van der Waals surface area contributed by atoms with Gasteiger partial charge in [0.25, 0.3) is 0 Å². The molecule has 3 atom stereocenters. The van der Waals surface area contributed by atoms with Gasteiger partial charge in [0.05, 0.1) is 6.10 Å². The van der Waals surface area contributed by atoms with Gasteiger partial charge < -0.3 is 15.4 Å². The third-order valence-corrected chi connectivity index (χ3v) is 5.03. The zero-order valence-electron chi connectivity index (χ0n) is 14.2. The van der Waals surface area contributed by atoms with Crippen molar-refractivity contribution >= 4 is 29.9 Å². The van der Waals surface area contributed by atoms with Gasteiger partial charge in [0.2, 0.25) is 0 Å². The molecule has 7 heteroatoms. The molecule has 2 aliphatic rings. The van der Waals surface area contributed by atoms with Crippen molar-refractivity contribution in [3.8, 4) is 0 Å². The van der Waals surface area contributed by atoms with E-state index < -0.39 is 0 Å². The monoisotopic (exact) mass is 433 g/mol. The molecule has 1 aliphatic heterocycles. The Bertz CT molecular complexity index is 517. The molecular weight excluding hydrogens is 405 g/mol. The number of guanidine groups is 1. The number of halogens is 1. The largest absolute Gasteiger partial charge is 0.377 e. The number of hydrogen-bond donors (Lipinski definition) is 2. The lowest BCUT2D eigenvalue weighted by Crippen LogP contribution is -2.68. The summed E-state index contributed by atoms with van der Waals surface area (Å²) in [5, 5.41) is 11.2. The lowest BCUT2D eigenvalue weighted by atomic mass is 9.57. The fourth-order valence-electron chi connectivity index (χ4n) is 3.84. The molecule has 6 nitrogen and oxygen atoms in total. The lowest BCUT2D eigenvalue weighted by molar-refractivity contribution is -0.106. The molecule has 1 aromatic rings. The summed E-state index contributed by atoms with van der Waals surface area (Å²) in [5.41, 5.74) is 0.174. The fraction of sp³-hybridized carbons (Fsp3) is 0.750. The predicted octanol–water partition coefficient (Wildman–Crippen LogP) is 1.87. The average Bonchev–Trinajstić information content (AvgIpc) is 3.16. The number of aryl methyl sites for hydroxylation is 1. The van der Waals surface area contributed by atoms with Gasteiger partial charge in [-0.1, -0.05) is 13.8 Å². The Morgan fingerprint density at radius 3 is 3.00 bits per heavy atom. The maximum absolute atomic E-state index is 5.84. The summed E-state index contributed by atoms with van der Waals surface area (Å²) in [7, 11) is 1.83. The SMILES string of the molecule is CN=C(NCCCn1cccn1)NC1C2CCOC2C1(C)C.I. The van der Waals surface area contributed by atoms with Crippen molar-refractivity contribution in [2.24, 2.45) is 16.3 Å². The number of hydrogen-bond acceptors (Lipinski definition) is 3. The molecule has 0 radical (unpaired) electrons. The van der Waals surface area contributed by atoms with E-state index in [4.69, 9.17) is 4.74 Å².